The molecule has 2 aliphatic carbocycles. The van der Waals surface area contributed by atoms with Gasteiger partial charge in [-0.25, -0.2) is 0 Å². The van der Waals surface area contributed by atoms with Crippen molar-refractivity contribution in [3.8, 4) is 0 Å². The Balaban J connectivity index is 1.72. The second kappa shape index (κ2) is 11.4. The third-order valence-corrected chi connectivity index (χ3v) is 7.13. The average Bonchev–Trinajstić information content (AvgIpc) is 3.10. The van der Waals surface area contributed by atoms with Crippen LogP contribution in [0.4, 0.5) is 0 Å². The van der Waals surface area contributed by atoms with Gasteiger partial charge in [-0.15, -0.1) is 0 Å². The average molecular weight is 401 g/mol. The maximum atomic E-state index is 10.6. The number of hydrogen-bond donors (Lipinski definition) is 4. The summed E-state index contributed by atoms with van der Waals surface area (Å²) in [6, 6.07) is 0. The first-order valence-corrected chi connectivity index (χ1v) is 11.5. The molecule has 2 fully saturated rings. The Hall–Kier alpha value is -0.560. The van der Waals surface area contributed by atoms with Gasteiger partial charge in [0.2, 0.25) is 0 Å². The normalized spacial score (nSPS) is 32.7. The molecule has 3 unspecified atom stereocenters. The van der Waals surface area contributed by atoms with Gasteiger partial charge in [0, 0.05) is 5.92 Å². The number of thioether (sulfide) groups is 1. The molecule has 2 rings (SSSR count). The highest BCUT2D eigenvalue weighted by molar-refractivity contribution is 7.99. The highest BCUT2D eigenvalue weighted by atomic mass is 32.2. The molecule has 0 bridgehead atoms. The Kier molecular flexibility index (Phi) is 9.63. The van der Waals surface area contributed by atoms with Gasteiger partial charge in [-0.3, -0.25) is 4.79 Å². The number of aliphatic hydroxyl groups excluding tert-OH is 3. The van der Waals surface area contributed by atoms with E-state index in [4.69, 9.17) is 5.11 Å². The second-order valence-corrected chi connectivity index (χ2v) is 9.57. The molecule has 5 nitrogen and oxygen atoms in total. The van der Waals surface area contributed by atoms with Crippen LogP contribution in [0.25, 0.3) is 0 Å². The zero-order valence-electron chi connectivity index (χ0n) is 16.4. The van der Waals surface area contributed by atoms with E-state index in [2.05, 4.69) is 0 Å². The highest BCUT2D eigenvalue weighted by Gasteiger charge is 2.46. The molecule has 0 aliphatic heterocycles. The van der Waals surface area contributed by atoms with Gasteiger partial charge in [-0.1, -0.05) is 25.0 Å². The number of carboxylic acids is 1. The lowest BCUT2D eigenvalue weighted by Gasteiger charge is -2.19. The minimum atomic E-state index is -0.749. The monoisotopic (exact) mass is 400 g/mol. The number of fused-ring (bicyclic) bond motifs is 1. The van der Waals surface area contributed by atoms with Gasteiger partial charge in [-0.05, 0) is 69.0 Å². The smallest absolute Gasteiger partial charge is 0.313 e. The summed E-state index contributed by atoms with van der Waals surface area (Å²) >= 11 is 1.49. The summed E-state index contributed by atoms with van der Waals surface area (Å²) in [7, 11) is 0. The van der Waals surface area contributed by atoms with Gasteiger partial charge in [0.1, 0.15) is 0 Å². The molecule has 0 heterocycles. The Labute approximate surface area is 167 Å². The molecule has 0 radical (unpaired) electrons. The van der Waals surface area contributed by atoms with E-state index in [-0.39, 0.29) is 23.9 Å². The first-order valence-electron chi connectivity index (χ1n) is 10.4. The lowest BCUT2D eigenvalue weighted by atomic mass is 9.89. The first kappa shape index (κ1) is 22.7. The molecule has 6 heteroatoms. The Morgan fingerprint density at radius 2 is 1.93 bits per heavy atom. The Bertz CT molecular complexity index is 481. The summed E-state index contributed by atoms with van der Waals surface area (Å²) in [5, 5.41) is 38.5. The number of aliphatic carboxylic acids is 1. The lowest BCUT2D eigenvalue weighted by molar-refractivity contribution is -0.133. The minimum absolute atomic E-state index is 0.138. The standard InChI is InChI=1S/C21H36O5S/c1-14(22)4-2-3-5-17(23)6-7-18-19-11-15(8-9-27-13-21(25)26)10-16(19)12-20(18)24/h6-7,14-20,22-24H,2-5,8-13H2,1H3,(H,25,26)/t14?,15?,16-,17?,18-,19+,20-/m0/s1. The van der Waals surface area contributed by atoms with E-state index in [0.717, 1.165) is 50.7 Å². The van der Waals surface area contributed by atoms with Crippen LogP contribution in [-0.4, -0.2) is 56.2 Å². The van der Waals surface area contributed by atoms with Crippen molar-refractivity contribution in [3.05, 3.63) is 12.2 Å². The third-order valence-electron chi connectivity index (χ3n) is 6.15. The molecule has 156 valence electrons. The maximum Gasteiger partial charge on any atom is 0.313 e. The fourth-order valence-electron chi connectivity index (χ4n) is 4.83. The van der Waals surface area contributed by atoms with E-state index < -0.39 is 12.1 Å². The molecule has 0 aromatic carbocycles. The second-order valence-electron chi connectivity index (χ2n) is 8.46. The fourth-order valence-corrected chi connectivity index (χ4v) is 5.65. The van der Waals surface area contributed by atoms with Gasteiger partial charge in [-0.2, -0.15) is 11.8 Å². The van der Waals surface area contributed by atoms with Crippen LogP contribution in [-0.2, 0) is 4.79 Å². The summed E-state index contributed by atoms with van der Waals surface area (Å²) in [5.74, 6) is 2.15. The summed E-state index contributed by atoms with van der Waals surface area (Å²) < 4.78 is 0. The molecule has 2 aliphatic rings. The Morgan fingerprint density at radius 1 is 1.19 bits per heavy atom. The van der Waals surface area contributed by atoms with Crippen LogP contribution in [0.1, 0.15) is 58.3 Å². The molecule has 0 aromatic heterocycles. The predicted octanol–water partition coefficient (Wildman–Crippen LogP) is 3.08. The fraction of sp³-hybridized carbons (Fsp3) is 0.857. The van der Waals surface area contributed by atoms with Crippen molar-refractivity contribution in [2.24, 2.45) is 23.7 Å². The number of carboxylic acid groups (broad SMARTS) is 1. The van der Waals surface area contributed by atoms with Crippen molar-refractivity contribution in [2.45, 2.75) is 76.6 Å². The summed E-state index contributed by atoms with van der Waals surface area (Å²) in [5.41, 5.74) is 0. The van der Waals surface area contributed by atoms with Gasteiger partial charge in [0.05, 0.1) is 24.1 Å². The molecule has 27 heavy (non-hydrogen) atoms. The van der Waals surface area contributed by atoms with E-state index in [0.29, 0.717) is 24.2 Å². The van der Waals surface area contributed by atoms with E-state index in [9.17, 15) is 20.1 Å². The third kappa shape index (κ3) is 7.76. The quantitative estimate of drug-likeness (QED) is 0.297. The molecule has 0 amide bonds. The molecule has 0 aromatic rings. The van der Waals surface area contributed by atoms with E-state index in [1.54, 1.807) is 6.92 Å². The molecular weight excluding hydrogens is 364 g/mol. The van der Waals surface area contributed by atoms with E-state index >= 15 is 0 Å². The molecule has 7 atom stereocenters. The molecular formula is C21H36O5S. The summed E-state index contributed by atoms with van der Waals surface area (Å²) in [4.78, 5) is 10.6. The van der Waals surface area contributed by atoms with Crippen LogP contribution in [0, 0.1) is 23.7 Å². The van der Waals surface area contributed by atoms with Crippen molar-refractivity contribution < 1.29 is 25.2 Å². The maximum absolute atomic E-state index is 10.6. The van der Waals surface area contributed by atoms with Gasteiger partial charge in [0.15, 0.2) is 0 Å². The van der Waals surface area contributed by atoms with Gasteiger partial charge in [0.25, 0.3) is 0 Å². The molecule has 2 saturated carbocycles. The molecule has 4 N–H and O–H groups in total. The SMILES string of the molecule is CC(O)CCCCC(O)C=C[C@H]1[C@@H]2CC(CCSCC(=O)O)C[C@H]2C[C@@H]1O. The van der Waals surface area contributed by atoms with Crippen LogP contribution >= 0.6 is 11.8 Å². The number of aliphatic hydroxyl groups is 3. The Morgan fingerprint density at radius 3 is 2.63 bits per heavy atom. The molecule has 0 saturated heterocycles. The predicted molar refractivity (Wildman–Crippen MR) is 109 cm³/mol. The van der Waals surface area contributed by atoms with Crippen LogP contribution < -0.4 is 0 Å². The van der Waals surface area contributed by atoms with Crippen molar-refractivity contribution in [2.75, 3.05) is 11.5 Å². The van der Waals surface area contributed by atoms with Gasteiger partial charge < -0.3 is 20.4 Å². The largest absolute Gasteiger partial charge is 0.481 e. The van der Waals surface area contributed by atoms with Crippen molar-refractivity contribution >= 4 is 17.7 Å². The number of rotatable bonds is 12. The topological polar surface area (TPSA) is 98.0 Å². The van der Waals surface area contributed by atoms with E-state index in [1.807, 2.05) is 12.2 Å². The minimum Gasteiger partial charge on any atom is -0.481 e. The zero-order valence-corrected chi connectivity index (χ0v) is 17.2. The summed E-state index contributed by atoms with van der Waals surface area (Å²) in [6.45, 7) is 1.79. The van der Waals surface area contributed by atoms with Crippen molar-refractivity contribution in [1.82, 2.24) is 0 Å². The number of unbranched alkanes of at least 4 members (excludes halogenated alkanes) is 1. The molecule has 0 spiro atoms. The van der Waals surface area contributed by atoms with Crippen molar-refractivity contribution in [3.63, 3.8) is 0 Å². The zero-order chi connectivity index (χ0) is 19.8. The number of hydrogen-bond acceptors (Lipinski definition) is 5. The first-order chi connectivity index (χ1) is 12.9. The lowest BCUT2D eigenvalue weighted by Crippen LogP contribution is -2.18. The van der Waals surface area contributed by atoms with Crippen LogP contribution in [0.2, 0.25) is 0 Å². The van der Waals surface area contributed by atoms with Gasteiger partial charge >= 0.3 is 5.97 Å². The van der Waals surface area contributed by atoms with Crippen LogP contribution in [0.5, 0.6) is 0 Å². The van der Waals surface area contributed by atoms with Crippen LogP contribution in [0.3, 0.4) is 0 Å². The van der Waals surface area contributed by atoms with Crippen LogP contribution in [0.15, 0.2) is 12.2 Å². The van der Waals surface area contributed by atoms with Crippen molar-refractivity contribution in [1.29, 1.82) is 0 Å². The number of carbonyl (C=O) groups is 1. The van der Waals surface area contributed by atoms with E-state index in [1.165, 1.54) is 11.8 Å². The summed E-state index contributed by atoms with van der Waals surface area (Å²) in [6.07, 6.45) is 10.3. The highest BCUT2D eigenvalue weighted by Crippen LogP contribution is 2.51.